The molecule has 2 aliphatic heterocycles. The molecule has 116 valence electrons. The largest absolute Gasteiger partial charge is 0.381 e. The zero-order valence-corrected chi connectivity index (χ0v) is 13.0. The zero-order valence-electron chi connectivity index (χ0n) is 13.0. The summed E-state index contributed by atoms with van der Waals surface area (Å²) < 4.78 is 5.41. The Kier molecular flexibility index (Phi) is 5.36. The molecule has 0 amide bonds. The molecule has 0 aromatic heterocycles. The number of nitrogens with one attached hydrogen (secondary N) is 1. The van der Waals surface area contributed by atoms with Crippen LogP contribution < -0.4 is 5.32 Å². The molecular weight excluding hydrogens is 248 g/mol. The van der Waals surface area contributed by atoms with Crippen LogP contribution in [0.15, 0.2) is 0 Å². The molecule has 0 atom stereocenters. The van der Waals surface area contributed by atoms with Crippen LogP contribution in [0.4, 0.5) is 0 Å². The van der Waals surface area contributed by atoms with Gasteiger partial charge in [-0.05, 0) is 57.0 Å². The van der Waals surface area contributed by atoms with Crippen LogP contribution in [-0.2, 0) is 4.74 Å². The Morgan fingerprint density at radius 2 is 1.65 bits per heavy atom. The van der Waals surface area contributed by atoms with Gasteiger partial charge in [-0.3, -0.25) is 0 Å². The SMILES string of the molecule is C1CCC2(CC1)CCN(CCNC1CCOCC1)CC2. The van der Waals surface area contributed by atoms with E-state index in [0.717, 1.165) is 25.2 Å². The topological polar surface area (TPSA) is 24.5 Å². The van der Waals surface area contributed by atoms with Crippen LogP contribution in [0.25, 0.3) is 0 Å². The minimum Gasteiger partial charge on any atom is -0.381 e. The van der Waals surface area contributed by atoms with Gasteiger partial charge in [0.15, 0.2) is 0 Å². The van der Waals surface area contributed by atoms with Gasteiger partial charge in [-0.15, -0.1) is 0 Å². The molecule has 0 bridgehead atoms. The first kappa shape index (κ1) is 14.8. The van der Waals surface area contributed by atoms with Crippen LogP contribution in [0.5, 0.6) is 0 Å². The second-order valence-corrected chi connectivity index (χ2v) is 7.24. The van der Waals surface area contributed by atoms with Gasteiger partial charge in [-0.1, -0.05) is 19.3 Å². The molecule has 3 nitrogen and oxygen atoms in total. The Morgan fingerprint density at radius 3 is 2.35 bits per heavy atom. The third kappa shape index (κ3) is 3.96. The summed E-state index contributed by atoms with van der Waals surface area (Å²) in [6.07, 6.45) is 12.8. The molecule has 1 N–H and O–H groups in total. The highest BCUT2D eigenvalue weighted by atomic mass is 16.5. The summed E-state index contributed by atoms with van der Waals surface area (Å²) in [7, 11) is 0. The Bertz CT molecular complexity index is 273. The quantitative estimate of drug-likeness (QED) is 0.857. The number of piperidine rings is 1. The fraction of sp³-hybridized carbons (Fsp3) is 1.00. The van der Waals surface area contributed by atoms with Crippen molar-refractivity contribution in [2.45, 2.75) is 63.8 Å². The van der Waals surface area contributed by atoms with E-state index in [4.69, 9.17) is 4.74 Å². The average molecular weight is 280 g/mol. The van der Waals surface area contributed by atoms with E-state index in [1.54, 1.807) is 0 Å². The zero-order chi connectivity index (χ0) is 13.7. The molecule has 3 aliphatic rings. The van der Waals surface area contributed by atoms with Crippen LogP contribution in [0.2, 0.25) is 0 Å². The first-order valence-corrected chi connectivity index (χ1v) is 8.90. The van der Waals surface area contributed by atoms with Crippen molar-refractivity contribution in [3.05, 3.63) is 0 Å². The minimum atomic E-state index is 0.707. The summed E-state index contributed by atoms with van der Waals surface area (Å²) >= 11 is 0. The fourth-order valence-corrected chi connectivity index (χ4v) is 4.38. The van der Waals surface area contributed by atoms with Crippen molar-refractivity contribution in [1.82, 2.24) is 10.2 Å². The maximum absolute atomic E-state index is 5.41. The molecular formula is C17H32N2O. The normalized spacial score (nSPS) is 28.8. The van der Waals surface area contributed by atoms with Crippen LogP contribution >= 0.6 is 0 Å². The van der Waals surface area contributed by atoms with E-state index in [-0.39, 0.29) is 0 Å². The fourth-order valence-electron chi connectivity index (χ4n) is 4.38. The average Bonchev–Trinajstić information content (AvgIpc) is 2.52. The second kappa shape index (κ2) is 7.24. The number of rotatable bonds is 4. The van der Waals surface area contributed by atoms with Crippen LogP contribution in [0.3, 0.4) is 0 Å². The van der Waals surface area contributed by atoms with Crippen LogP contribution in [0.1, 0.15) is 57.8 Å². The molecule has 0 unspecified atom stereocenters. The molecule has 3 fully saturated rings. The number of nitrogens with zero attached hydrogens (tertiary/aromatic N) is 1. The van der Waals surface area contributed by atoms with Gasteiger partial charge in [0.1, 0.15) is 0 Å². The van der Waals surface area contributed by atoms with Gasteiger partial charge in [0, 0.05) is 32.3 Å². The first-order valence-electron chi connectivity index (χ1n) is 8.90. The summed E-state index contributed by atoms with van der Waals surface area (Å²) in [5.74, 6) is 0. The summed E-state index contributed by atoms with van der Waals surface area (Å²) in [5.41, 5.74) is 0.753. The predicted octanol–water partition coefficient (Wildman–Crippen LogP) is 2.80. The van der Waals surface area contributed by atoms with Crippen molar-refractivity contribution < 1.29 is 4.74 Å². The van der Waals surface area contributed by atoms with Gasteiger partial charge in [0.2, 0.25) is 0 Å². The highest BCUT2D eigenvalue weighted by Gasteiger charge is 2.35. The summed E-state index contributed by atoms with van der Waals surface area (Å²) in [6, 6.07) is 0.707. The molecule has 20 heavy (non-hydrogen) atoms. The standard InChI is InChI=1S/C17H32N2O/c1-2-6-17(7-3-1)8-11-19(12-9-17)13-10-18-16-4-14-20-15-5-16/h16,18H,1-15H2. The number of hydrogen-bond acceptors (Lipinski definition) is 3. The highest BCUT2D eigenvalue weighted by molar-refractivity contribution is 4.88. The molecule has 3 rings (SSSR count). The number of ether oxygens (including phenoxy) is 1. The molecule has 0 radical (unpaired) electrons. The Morgan fingerprint density at radius 1 is 0.950 bits per heavy atom. The van der Waals surface area contributed by atoms with Crippen molar-refractivity contribution >= 4 is 0 Å². The van der Waals surface area contributed by atoms with Gasteiger partial charge < -0.3 is 15.0 Å². The lowest BCUT2D eigenvalue weighted by Gasteiger charge is -2.44. The lowest BCUT2D eigenvalue weighted by atomic mass is 9.68. The van der Waals surface area contributed by atoms with E-state index in [1.165, 1.54) is 77.4 Å². The van der Waals surface area contributed by atoms with Gasteiger partial charge in [-0.25, -0.2) is 0 Å². The molecule has 0 aromatic rings. The van der Waals surface area contributed by atoms with E-state index in [0.29, 0.717) is 6.04 Å². The molecule has 1 saturated carbocycles. The highest BCUT2D eigenvalue weighted by Crippen LogP contribution is 2.44. The lowest BCUT2D eigenvalue weighted by molar-refractivity contribution is 0.0626. The lowest BCUT2D eigenvalue weighted by Crippen LogP contribution is -2.45. The first-order chi connectivity index (χ1) is 9.86. The van der Waals surface area contributed by atoms with Gasteiger partial charge in [0.05, 0.1) is 0 Å². The van der Waals surface area contributed by atoms with E-state index in [2.05, 4.69) is 10.2 Å². The monoisotopic (exact) mass is 280 g/mol. The molecule has 3 heteroatoms. The van der Waals surface area contributed by atoms with E-state index < -0.39 is 0 Å². The van der Waals surface area contributed by atoms with E-state index >= 15 is 0 Å². The summed E-state index contributed by atoms with van der Waals surface area (Å²) in [5, 5.41) is 3.72. The van der Waals surface area contributed by atoms with Crippen molar-refractivity contribution in [2.75, 3.05) is 39.4 Å². The van der Waals surface area contributed by atoms with Crippen molar-refractivity contribution in [1.29, 1.82) is 0 Å². The molecule has 0 aromatic carbocycles. The maximum Gasteiger partial charge on any atom is 0.0480 e. The van der Waals surface area contributed by atoms with E-state index in [9.17, 15) is 0 Å². The molecule has 2 saturated heterocycles. The Labute approximate surface area is 124 Å². The Hall–Kier alpha value is -0.120. The van der Waals surface area contributed by atoms with Crippen LogP contribution in [-0.4, -0.2) is 50.3 Å². The Balaban J connectivity index is 1.32. The maximum atomic E-state index is 5.41. The van der Waals surface area contributed by atoms with Crippen molar-refractivity contribution in [3.63, 3.8) is 0 Å². The van der Waals surface area contributed by atoms with Gasteiger partial charge in [-0.2, -0.15) is 0 Å². The predicted molar refractivity (Wildman–Crippen MR) is 83.0 cm³/mol. The third-order valence-corrected chi connectivity index (χ3v) is 5.91. The number of hydrogen-bond donors (Lipinski definition) is 1. The molecule has 1 aliphatic carbocycles. The molecule has 1 spiro atoms. The van der Waals surface area contributed by atoms with Gasteiger partial charge >= 0.3 is 0 Å². The minimum absolute atomic E-state index is 0.707. The summed E-state index contributed by atoms with van der Waals surface area (Å²) in [6.45, 7) is 6.99. The van der Waals surface area contributed by atoms with Gasteiger partial charge in [0.25, 0.3) is 0 Å². The van der Waals surface area contributed by atoms with Crippen molar-refractivity contribution in [2.24, 2.45) is 5.41 Å². The second-order valence-electron chi connectivity index (χ2n) is 7.24. The number of likely N-dealkylation sites (tertiary alicyclic amines) is 1. The smallest absolute Gasteiger partial charge is 0.0480 e. The molecule has 2 heterocycles. The van der Waals surface area contributed by atoms with E-state index in [1.807, 2.05) is 0 Å². The third-order valence-electron chi connectivity index (χ3n) is 5.91. The van der Waals surface area contributed by atoms with Crippen LogP contribution in [0, 0.1) is 5.41 Å². The van der Waals surface area contributed by atoms with Crippen molar-refractivity contribution in [3.8, 4) is 0 Å². The summed E-state index contributed by atoms with van der Waals surface area (Å²) in [4.78, 5) is 2.69.